The van der Waals surface area contributed by atoms with Crippen LogP contribution in [0, 0.1) is 0 Å². The molecule has 3 amide bonds. The molecule has 0 spiro atoms. The van der Waals surface area contributed by atoms with Gasteiger partial charge in [-0.1, -0.05) is 6.42 Å². The maximum atomic E-state index is 13.2. The van der Waals surface area contributed by atoms with Crippen molar-refractivity contribution >= 4 is 35.6 Å². The lowest BCUT2D eigenvalue weighted by atomic mass is 10.0. The van der Waals surface area contributed by atoms with Gasteiger partial charge >= 0.3 is 11.9 Å². The third-order valence-electron chi connectivity index (χ3n) is 5.46. The summed E-state index contributed by atoms with van der Waals surface area (Å²) in [5, 5.41) is 25.4. The number of carbonyl (C=O) groups excluding carboxylic acids is 3. The third-order valence-corrected chi connectivity index (χ3v) is 5.46. The molecule has 4 atom stereocenters. The number of hydrogen-bond acceptors (Lipinski definition) is 9. The molecule has 0 saturated heterocycles. The predicted molar refractivity (Wildman–Crippen MR) is 139 cm³/mol. The minimum atomic E-state index is -1.70. The van der Waals surface area contributed by atoms with E-state index >= 15 is 0 Å². The van der Waals surface area contributed by atoms with Gasteiger partial charge in [-0.25, -0.2) is 4.79 Å². The number of carboxylic acids is 2. The molecule has 15 N–H and O–H groups in total. The van der Waals surface area contributed by atoms with E-state index < -0.39 is 60.2 Å². The minimum Gasteiger partial charge on any atom is -0.481 e. The molecule has 0 fully saturated rings. The highest BCUT2D eigenvalue weighted by molar-refractivity contribution is 5.94. The number of carbonyl (C=O) groups is 5. The first-order valence-corrected chi connectivity index (χ1v) is 12.5. The van der Waals surface area contributed by atoms with E-state index in [9.17, 15) is 29.1 Å². The fourth-order valence-corrected chi connectivity index (χ4v) is 3.37. The zero-order valence-electron chi connectivity index (χ0n) is 21.6. The molecule has 0 radical (unpaired) electrons. The lowest BCUT2D eigenvalue weighted by molar-refractivity contribution is -0.147. The van der Waals surface area contributed by atoms with Gasteiger partial charge in [0.05, 0.1) is 12.5 Å². The molecular formula is C22H43N9O7. The minimum absolute atomic E-state index is 0.0987. The number of nitrogens with zero attached hydrogens (tertiary/aromatic N) is 1. The summed E-state index contributed by atoms with van der Waals surface area (Å²) in [4.78, 5) is 64.8. The van der Waals surface area contributed by atoms with Crippen molar-refractivity contribution in [2.45, 2.75) is 82.0 Å². The van der Waals surface area contributed by atoms with Crippen molar-refractivity contribution in [3.05, 3.63) is 0 Å². The van der Waals surface area contributed by atoms with Crippen LogP contribution in [0.5, 0.6) is 0 Å². The van der Waals surface area contributed by atoms with Crippen LogP contribution in [0.1, 0.15) is 57.8 Å². The Bertz CT molecular complexity index is 806. The maximum Gasteiger partial charge on any atom is 0.326 e. The Morgan fingerprint density at radius 1 is 0.684 bits per heavy atom. The van der Waals surface area contributed by atoms with E-state index in [0.717, 1.165) is 0 Å². The first-order valence-electron chi connectivity index (χ1n) is 12.5. The molecule has 4 unspecified atom stereocenters. The Balaban J connectivity index is 5.61. The standard InChI is InChI=1S/C22H43N9O7/c23-9-3-1-6-13(25)18(34)29-15(8-5-11-28-22(26)27)19(35)30-14(7-2-4-10-24)20(36)31-16(21(37)38)12-17(32)33/h13-16H,1-12,23-25H2,(H,29,34)(H,30,35)(H,31,36)(H,32,33)(H,37,38)(H4,26,27,28). The average molecular weight is 546 g/mol. The highest BCUT2D eigenvalue weighted by Crippen LogP contribution is 2.07. The zero-order valence-corrected chi connectivity index (χ0v) is 21.6. The summed E-state index contributed by atoms with van der Waals surface area (Å²) in [6.45, 7) is 0.956. The van der Waals surface area contributed by atoms with E-state index in [1.165, 1.54) is 0 Å². The monoisotopic (exact) mass is 545 g/mol. The Morgan fingerprint density at radius 2 is 1.16 bits per heavy atom. The SMILES string of the molecule is NCCCCC(N)C(=O)NC(CCCN=C(N)N)C(=O)NC(CCCCN)C(=O)NC(CC(=O)O)C(=O)O. The molecular weight excluding hydrogens is 502 g/mol. The van der Waals surface area contributed by atoms with E-state index in [4.69, 9.17) is 33.8 Å². The summed E-state index contributed by atoms with van der Waals surface area (Å²) in [5.74, 6) is -5.26. The number of aliphatic imine (C=N–C) groups is 1. The molecule has 0 aliphatic heterocycles. The summed E-state index contributed by atoms with van der Waals surface area (Å²) in [7, 11) is 0. The second kappa shape index (κ2) is 19.6. The normalized spacial score (nSPS) is 13.9. The molecule has 0 saturated carbocycles. The van der Waals surface area contributed by atoms with Crippen molar-refractivity contribution in [1.82, 2.24) is 16.0 Å². The van der Waals surface area contributed by atoms with E-state index in [1.807, 2.05) is 0 Å². The number of hydrogen-bond donors (Lipinski definition) is 10. The number of aliphatic carboxylic acids is 2. The number of unbranched alkanes of at least 4 members (excludes halogenated alkanes) is 2. The van der Waals surface area contributed by atoms with Crippen LogP contribution in [0.3, 0.4) is 0 Å². The molecule has 0 heterocycles. The van der Waals surface area contributed by atoms with Crippen LogP contribution < -0.4 is 44.6 Å². The molecule has 0 aromatic carbocycles. The molecule has 218 valence electrons. The lowest BCUT2D eigenvalue weighted by Gasteiger charge is -2.25. The average Bonchev–Trinajstić information content (AvgIpc) is 2.84. The fraction of sp³-hybridized carbons (Fsp3) is 0.727. The van der Waals surface area contributed by atoms with Crippen molar-refractivity contribution < 1.29 is 34.2 Å². The van der Waals surface area contributed by atoms with Gasteiger partial charge < -0.3 is 54.8 Å². The van der Waals surface area contributed by atoms with Gasteiger partial charge in [0.15, 0.2) is 5.96 Å². The smallest absolute Gasteiger partial charge is 0.326 e. The van der Waals surface area contributed by atoms with Gasteiger partial charge in [0.2, 0.25) is 17.7 Å². The second-order valence-electron chi connectivity index (χ2n) is 8.74. The van der Waals surface area contributed by atoms with E-state index in [1.54, 1.807) is 0 Å². The van der Waals surface area contributed by atoms with Crippen LogP contribution in [0.25, 0.3) is 0 Å². The fourth-order valence-electron chi connectivity index (χ4n) is 3.37. The van der Waals surface area contributed by atoms with E-state index in [0.29, 0.717) is 51.6 Å². The van der Waals surface area contributed by atoms with Gasteiger partial charge in [-0.3, -0.25) is 24.2 Å². The molecule has 0 aliphatic carbocycles. The largest absolute Gasteiger partial charge is 0.481 e. The van der Waals surface area contributed by atoms with Crippen LogP contribution >= 0.6 is 0 Å². The zero-order chi connectivity index (χ0) is 29.1. The highest BCUT2D eigenvalue weighted by Gasteiger charge is 2.30. The van der Waals surface area contributed by atoms with E-state index in [2.05, 4.69) is 20.9 Å². The number of nitrogens with one attached hydrogen (secondary N) is 3. The summed E-state index contributed by atoms with van der Waals surface area (Å²) in [6, 6.07) is -4.89. The van der Waals surface area contributed by atoms with Crippen LogP contribution in [-0.2, 0) is 24.0 Å². The number of rotatable bonds is 21. The Kier molecular flexibility index (Phi) is 17.8. The predicted octanol–water partition coefficient (Wildman–Crippen LogP) is -3.36. The molecule has 0 aliphatic rings. The second-order valence-corrected chi connectivity index (χ2v) is 8.74. The maximum absolute atomic E-state index is 13.2. The first-order chi connectivity index (χ1) is 17.9. The molecule has 0 aromatic rings. The van der Waals surface area contributed by atoms with Crippen molar-refractivity contribution in [3.8, 4) is 0 Å². The molecule has 16 heteroatoms. The molecule has 16 nitrogen and oxygen atoms in total. The Morgan fingerprint density at radius 3 is 1.63 bits per heavy atom. The van der Waals surface area contributed by atoms with Gasteiger partial charge in [-0.05, 0) is 58.0 Å². The van der Waals surface area contributed by atoms with Gasteiger partial charge in [0.1, 0.15) is 18.1 Å². The number of nitrogens with two attached hydrogens (primary N) is 5. The van der Waals surface area contributed by atoms with Crippen molar-refractivity contribution in [2.75, 3.05) is 19.6 Å². The number of guanidine groups is 1. The third kappa shape index (κ3) is 15.6. The lowest BCUT2D eigenvalue weighted by Crippen LogP contribution is -2.57. The summed E-state index contributed by atoms with van der Waals surface area (Å²) in [6.07, 6.45) is 2.26. The topological polar surface area (TPSA) is 304 Å². The molecule has 0 rings (SSSR count). The summed E-state index contributed by atoms with van der Waals surface area (Å²) < 4.78 is 0. The van der Waals surface area contributed by atoms with Crippen LogP contribution in [0.2, 0.25) is 0 Å². The molecule has 0 aromatic heterocycles. The van der Waals surface area contributed by atoms with Gasteiger partial charge in [-0.2, -0.15) is 0 Å². The Labute approximate surface area is 221 Å². The van der Waals surface area contributed by atoms with E-state index in [-0.39, 0.29) is 25.3 Å². The van der Waals surface area contributed by atoms with Gasteiger partial charge in [0.25, 0.3) is 0 Å². The van der Waals surface area contributed by atoms with Gasteiger partial charge in [0, 0.05) is 6.54 Å². The summed E-state index contributed by atoms with van der Waals surface area (Å²) >= 11 is 0. The van der Waals surface area contributed by atoms with Crippen LogP contribution in [0.4, 0.5) is 0 Å². The highest BCUT2D eigenvalue weighted by atomic mass is 16.4. The quantitative estimate of drug-likeness (QED) is 0.0384. The number of carboxylic acid groups (broad SMARTS) is 2. The van der Waals surface area contributed by atoms with Crippen LogP contribution in [-0.4, -0.2) is 89.6 Å². The van der Waals surface area contributed by atoms with Crippen LogP contribution in [0.15, 0.2) is 4.99 Å². The van der Waals surface area contributed by atoms with Crippen molar-refractivity contribution in [1.29, 1.82) is 0 Å². The van der Waals surface area contributed by atoms with Crippen molar-refractivity contribution in [3.63, 3.8) is 0 Å². The molecule has 0 bridgehead atoms. The first kappa shape index (κ1) is 34.5. The number of amides is 3. The van der Waals surface area contributed by atoms with Crippen molar-refractivity contribution in [2.24, 2.45) is 33.7 Å². The molecule has 38 heavy (non-hydrogen) atoms. The summed E-state index contributed by atoms with van der Waals surface area (Å²) in [5.41, 5.74) is 27.5. The Hall–Kier alpha value is -3.50. The van der Waals surface area contributed by atoms with Gasteiger partial charge in [-0.15, -0.1) is 0 Å².